The Morgan fingerprint density at radius 2 is 1.66 bits per heavy atom. The maximum atomic E-state index is 13.7. The smallest absolute Gasteiger partial charge is 0.254 e. The number of halogens is 1. The summed E-state index contributed by atoms with van der Waals surface area (Å²) in [5, 5.41) is 1.12. The lowest BCUT2D eigenvalue weighted by Gasteiger charge is -2.29. The van der Waals surface area contributed by atoms with Crippen LogP contribution in [-0.4, -0.2) is 53.3 Å². The Bertz CT molecular complexity index is 1360. The van der Waals surface area contributed by atoms with Crippen LogP contribution >= 0.6 is 0 Å². The second-order valence-corrected chi connectivity index (χ2v) is 9.86. The molecule has 7 heteroatoms. The number of fused-ring (bicyclic) bond motifs is 1. The quantitative estimate of drug-likeness (QED) is 0.279. The molecule has 0 unspecified atom stereocenters. The fraction of sp³-hybridized carbons (Fsp3) is 0.290. The van der Waals surface area contributed by atoms with E-state index in [1.54, 1.807) is 53.3 Å². The molecule has 0 radical (unpaired) electrons. The van der Waals surface area contributed by atoms with Crippen LogP contribution in [0.1, 0.15) is 35.3 Å². The van der Waals surface area contributed by atoms with Gasteiger partial charge in [0.15, 0.2) is 0 Å². The molecule has 4 rings (SSSR count). The third-order valence-electron chi connectivity index (χ3n) is 6.50. The number of para-hydroxylation sites is 1. The van der Waals surface area contributed by atoms with Crippen molar-refractivity contribution in [2.45, 2.75) is 26.8 Å². The second kappa shape index (κ2) is 12.4. The number of rotatable bonds is 11. The van der Waals surface area contributed by atoms with Crippen molar-refractivity contribution in [1.29, 1.82) is 0 Å². The van der Waals surface area contributed by atoms with Gasteiger partial charge in [0.1, 0.15) is 18.1 Å². The summed E-state index contributed by atoms with van der Waals surface area (Å²) >= 11 is 0. The molecule has 1 aromatic heterocycles. The molecule has 4 aromatic rings. The van der Waals surface area contributed by atoms with Crippen LogP contribution in [0.25, 0.3) is 10.9 Å². The zero-order valence-electron chi connectivity index (χ0n) is 22.1. The predicted molar refractivity (Wildman–Crippen MR) is 148 cm³/mol. The summed E-state index contributed by atoms with van der Waals surface area (Å²) in [6.07, 6.45) is 2.62. The number of hydrogen-bond acceptors (Lipinski definition) is 3. The lowest BCUT2D eigenvalue weighted by Crippen LogP contribution is -2.44. The molecule has 0 aliphatic carbocycles. The summed E-state index contributed by atoms with van der Waals surface area (Å²) in [5.74, 6) is 0.168. The molecule has 0 aliphatic heterocycles. The summed E-state index contributed by atoms with van der Waals surface area (Å²) in [7, 11) is 1.58. The number of carbonyl (C=O) groups is 2. The van der Waals surface area contributed by atoms with Crippen molar-refractivity contribution in [2.75, 3.05) is 26.7 Å². The van der Waals surface area contributed by atoms with Gasteiger partial charge in [-0.25, -0.2) is 4.39 Å². The molecule has 0 fully saturated rings. The number of benzene rings is 3. The van der Waals surface area contributed by atoms with E-state index >= 15 is 0 Å². The average molecular weight is 516 g/mol. The molecule has 1 N–H and O–H groups in total. The molecule has 1 heterocycles. The highest BCUT2D eigenvalue weighted by atomic mass is 19.1. The Morgan fingerprint density at radius 1 is 0.947 bits per heavy atom. The fourth-order valence-corrected chi connectivity index (χ4v) is 4.54. The van der Waals surface area contributed by atoms with E-state index in [2.05, 4.69) is 11.1 Å². The molecule has 2 amide bonds. The van der Waals surface area contributed by atoms with Crippen LogP contribution in [0.3, 0.4) is 0 Å². The van der Waals surface area contributed by atoms with Crippen LogP contribution in [0, 0.1) is 11.7 Å². The summed E-state index contributed by atoms with van der Waals surface area (Å²) in [5.41, 5.74) is 3.50. The summed E-state index contributed by atoms with van der Waals surface area (Å²) in [6, 6.07) is 21.1. The Balaban J connectivity index is 1.54. The molecular weight excluding hydrogens is 481 g/mol. The van der Waals surface area contributed by atoms with Gasteiger partial charge in [-0.05, 0) is 65.9 Å². The van der Waals surface area contributed by atoms with Gasteiger partial charge in [-0.15, -0.1) is 0 Å². The van der Waals surface area contributed by atoms with Crippen molar-refractivity contribution >= 4 is 22.7 Å². The Hall–Kier alpha value is -4.13. The van der Waals surface area contributed by atoms with E-state index < -0.39 is 0 Å². The number of H-pyrrole nitrogens is 1. The largest absolute Gasteiger partial charge is 0.497 e. The fourth-order valence-electron chi connectivity index (χ4n) is 4.54. The third-order valence-corrected chi connectivity index (χ3v) is 6.50. The van der Waals surface area contributed by atoms with Crippen LogP contribution in [0.5, 0.6) is 5.75 Å². The number of nitrogens with one attached hydrogen (secondary N) is 1. The van der Waals surface area contributed by atoms with Gasteiger partial charge in [-0.3, -0.25) is 9.59 Å². The van der Waals surface area contributed by atoms with Crippen LogP contribution in [0.4, 0.5) is 4.39 Å². The van der Waals surface area contributed by atoms with Gasteiger partial charge < -0.3 is 19.5 Å². The minimum atomic E-state index is -0.321. The zero-order chi connectivity index (χ0) is 27.1. The molecule has 0 bridgehead atoms. The number of amides is 2. The predicted octanol–water partition coefficient (Wildman–Crippen LogP) is 5.69. The van der Waals surface area contributed by atoms with Crippen LogP contribution in [-0.2, 0) is 17.8 Å². The van der Waals surface area contributed by atoms with Gasteiger partial charge >= 0.3 is 0 Å². The van der Waals surface area contributed by atoms with Gasteiger partial charge in [0.2, 0.25) is 5.91 Å². The Labute approximate surface area is 223 Å². The maximum Gasteiger partial charge on any atom is 0.254 e. The van der Waals surface area contributed by atoms with E-state index in [0.29, 0.717) is 37.4 Å². The lowest BCUT2D eigenvalue weighted by molar-refractivity contribution is -0.132. The number of ether oxygens (including phenoxy) is 1. The topological polar surface area (TPSA) is 65.6 Å². The minimum absolute atomic E-state index is 0.0435. The number of methoxy groups -OCH3 is 1. The number of nitrogens with zero attached hydrogens (tertiary/aromatic N) is 2. The first-order valence-electron chi connectivity index (χ1n) is 12.8. The molecule has 0 spiro atoms. The lowest BCUT2D eigenvalue weighted by atomic mass is 10.1. The maximum absolute atomic E-state index is 13.7. The number of carbonyl (C=O) groups excluding carboxylic acids is 2. The van der Waals surface area contributed by atoms with Crippen LogP contribution in [0.2, 0.25) is 0 Å². The minimum Gasteiger partial charge on any atom is -0.497 e. The molecular formula is C31H34FN3O3. The first-order chi connectivity index (χ1) is 18.3. The van der Waals surface area contributed by atoms with Gasteiger partial charge in [-0.1, -0.05) is 44.2 Å². The van der Waals surface area contributed by atoms with Crippen molar-refractivity contribution in [2.24, 2.45) is 5.92 Å². The highest BCUT2D eigenvalue weighted by Gasteiger charge is 2.24. The summed E-state index contributed by atoms with van der Waals surface area (Å²) in [4.78, 5) is 33.7. The monoisotopic (exact) mass is 515 g/mol. The normalized spacial score (nSPS) is 11.1. The SMILES string of the molecule is COc1ccc(C(=O)N(CC(=O)N(CCc2c[nH]c3ccccc23)Cc2ccc(F)cc2)CC(C)C)cc1. The molecule has 38 heavy (non-hydrogen) atoms. The highest BCUT2D eigenvalue weighted by Crippen LogP contribution is 2.20. The van der Waals surface area contributed by atoms with Crippen LogP contribution in [0.15, 0.2) is 79.0 Å². The number of hydrogen-bond donors (Lipinski definition) is 1. The van der Waals surface area contributed by atoms with E-state index in [4.69, 9.17) is 4.74 Å². The van der Waals surface area contributed by atoms with Gasteiger partial charge in [0, 0.05) is 42.3 Å². The van der Waals surface area contributed by atoms with E-state index in [1.807, 2.05) is 38.2 Å². The van der Waals surface area contributed by atoms with Crippen molar-refractivity contribution < 1.29 is 18.7 Å². The van der Waals surface area contributed by atoms with E-state index in [0.717, 1.165) is 22.0 Å². The molecule has 3 aromatic carbocycles. The zero-order valence-corrected chi connectivity index (χ0v) is 22.1. The molecule has 0 saturated carbocycles. The Morgan fingerprint density at radius 3 is 2.34 bits per heavy atom. The van der Waals surface area contributed by atoms with Gasteiger partial charge in [0.25, 0.3) is 5.91 Å². The second-order valence-electron chi connectivity index (χ2n) is 9.86. The molecule has 0 atom stereocenters. The van der Waals surface area contributed by atoms with E-state index in [1.165, 1.54) is 12.1 Å². The van der Waals surface area contributed by atoms with Crippen molar-refractivity contribution in [3.05, 3.63) is 102 Å². The van der Waals surface area contributed by atoms with Gasteiger partial charge in [0.05, 0.1) is 7.11 Å². The van der Waals surface area contributed by atoms with E-state index in [9.17, 15) is 14.0 Å². The summed E-state index contributed by atoms with van der Waals surface area (Å²) in [6.45, 7) is 5.23. The van der Waals surface area contributed by atoms with Crippen molar-refractivity contribution in [1.82, 2.24) is 14.8 Å². The first kappa shape index (κ1) is 26.9. The van der Waals surface area contributed by atoms with Crippen molar-refractivity contribution in [3.63, 3.8) is 0 Å². The molecule has 6 nitrogen and oxygen atoms in total. The van der Waals surface area contributed by atoms with E-state index in [-0.39, 0.29) is 30.1 Å². The standard InChI is InChI=1S/C31H34FN3O3/c1-22(2)19-35(31(37)24-10-14-27(38-3)15-11-24)21-30(36)34(20-23-8-12-26(32)13-9-23)17-16-25-18-33-29-7-5-4-6-28(25)29/h4-15,18,22,33H,16-17,19-21H2,1-3H3. The molecule has 0 aliphatic rings. The highest BCUT2D eigenvalue weighted by molar-refractivity contribution is 5.96. The first-order valence-corrected chi connectivity index (χ1v) is 12.8. The third kappa shape index (κ3) is 6.79. The Kier molecular flexibility index (Phi) is 8.79. The average Bonchev–Trinajstić information content (AvgIpc) is 3.34. The van der Waals surface area contributed by atoms with Crippen molar-refractivity contribution in [3.8, 4) is 5.75 Å². The van der Waals surface area contributed by atoms with Crippen LogP contribution < -0.4 is 4.74 Å². The van der Waals surface area contributed by atoms with Gasteiger partial charge in [-0.2, -0.15) is 0 Å². The molecule has 198 valence electrons. The molecule has 0 saturated heterocycles. The number of aromatic amines is 1. The summed E-state index contributed by atoms with van der Waals surface area (Å²) < 4.78 is 18.7. The number of aromatic nitrogens is 1.